The molecule has 0 aliphatic rings. The van der Waals surface area contributed by atoms with Crippen LogP contribution in [0.5, 0.6) is 0 Å². The molecule has 0 aliphatic heterocycles. The topological polar surface area (TPSA) is 54.9 Å². The van der Waals surface area contributed by atoms with Crippen LogP contribution in [0, 0.1) is 6.92 Å². The molecular weight excluding hydrogens is 314 g/mol. The summed E-state index contributed by atoms with van der Waals surface area (Å²) in [5, 5.41) is 5.40. The summed E-state index contributed by atoms with van der Waals surface area (Å²) in [7, 11) is 0. The molecule has 0 spiro atoms. The first-order valence-electron chi connectivity index (χ1n) is 6.94. The van der Waals surface area contributed by atoms with E-state index in [9.17, 15) is 4.79 Å². The van der Waals surface area contributed by atoms with E-state index in [1.54, 1.807) is 12.4 Å². The number of thiazole rings is 1. The molecule has 112 valence electrons. The zero-order valence-electron chi connectivity index (χ0n) is 12.3. The second kappa shape index (κ2) is 6.37. The number of carbonyl (C=O) groups is 1. The van der Waals surface area contributed by atoms with E-state index in [4.69, 9.17) is 0 Å². The molecule has 1 amide bonds. The molecule has 0 aromatic carbocycles. The van der Waals surface area contributed by atoms with Crippen LogP contribution in [0.4, 0.5) is 5.13 Å². The van der Waals surface area contributed by atoms with Crippen molar-refractivity contribution in [2.75, 3.05) is 5.32 Å². The van der Waals surface area contributed by atoms with Gasteiger partial charge >= 0.3 is 0 Å². The molecule has 6 heteroatoms. The maximum Gasteiger partial charge on any atom is 0.267 e. The largest absolute Gasteiger partial charge is 0.297 e. The fourth-order valence-electron chi connectivity index (χ4n) is 2.12. The predicted molar refractivity (Wildman–Crippen MR) is 91.7 cm³/mol. The van der Waals surface area contributed by atoms with Gasteiger partial charge in [-0.25, -0.2) is 4.98 Å². The van der Waals surface area contributed by atoms with Crippen molar-refractivity contribution in [3.8, 4) is 11.3 Å². The van der Waals surface area contributed by atoms with E-state index in [2.05, 4.69) is 22.2 Å². The van der Waals surface area contributed by atoms with Crippen LogP contribution in [0.2, 0.25) is 0 Å². The van der Waals surface area contributed by atoms with E-state index >= 15 is 0 Å². The number of amides is 1. The van der Waals surface area contributed by atoms with Gasteiger partial charge in [-0.1, -0.05) is 6.92 Å². The lowest BCUT2D eigenvalue weighted by atomic mass is 10.2. The number of hydrogen-bond donors (Lipinski definition) is 1. The number of rotatable bonds is 4. The number of anilines is 1. The summed E-state index contributed by atoms with van der Waals surface area (Å²) < 4.78 is 0. The van der Waals surface area contributed by atoms with Crippen molar-refractivity contribution >= 4 is 33.7 Å². The summed E-state index contributed by atoms with van der Waals surface area (Å²) >= 11 is 2.94. The average molecular weight is 329 g/mol. The van der Waals surface area contributed by atoms with Crippen molar-refractivity contribution in [3.05, 3.63) is 51.3 Å². The summed E-state index contributed by atoms with van der Waals surface area (Å²) in [6.07, 6.45) is 4.43. The lowest BCUT2D eigenvalue weighted by molar-refractivity contribution is 0.103. The molecule has 0 aliphatic carbocycles. The fourth-order valence-corrected chi connectivity index (χ4v) is 3.84. The number of thiophene rings is 1. The smallest absolute Gasteiger partial charge is 0.267 e. The Bertz CT molecular complexity index is 793. The third-order valence-corrected chi connectivity index (χ3v) is 5.16. The van der Waals surface area contributed by atoms with Crippen molar-refractivity contribution in [2.24, 2.45) is 0 Å². The van der Waals surface area contributed by atoms with Gasteiger partial charge in [0.05, 0.1) is 10.6 Å². The standard InChI is InChI=1S/C16H15N3OS2/c1-3-11-7-14(22-10(11)2)15(20)19-16-18-13(9-21-16)12-5-4-6-17-8-12/h4-9H,3H2,1-2H3,(H,18,19,20). The number of aryl methyl sites for hydroxylation is 2. The molecule has 4 nitrogen and oxygen atoms in total. The first kappa shape index (κ1) is 14.9. The van der Waals surface area contributed by atoms with E-state index in [-0.39, 0.29) is 5.91 Å². The highest BCUT2D eigenvalue weighted by Gasteiger charge is 2.14. The lowest BCUT2D eigenvalue weighted by Gasteiger charge is -1.98. The van der Waals surface area contributed by atoms with Crippen LogP contribution in [0.3, 0.4) is 0 Å². The molecule has 0 saturated carbocycles. The van der Waals surface area contributed by atoms with Crippen LogP contribution in [0.25, 0.3) is 11.3 Å². The number of hydrogen-bond acceptors (Lipinski definition) is 5. The van der Waals surface area contributed by atoms with Gasteiger partial charge in [-0.3, -0.25) is 15.1 Å². The third kappa shape index (κ3) is 3.08. The Balaban J connectivity index is 1.76. The minimum Gasteiger partial charge on any atom is -0.297 e. The average Bonchev–Trinajstić information content (AvgIpc) is 3.14. The number of carbonyl (C=O) groups excluding carboxylic acids is 1. The van der Waals surface area contributed by atoms with Gasteiger partial charge < -0.3 is 0 Å². The van der Waals surface area contributed by atoms with E-state index in [1.807, 2.05) is 30.5 Å². The van der Waals surface area contributed by atoms with Gasteiger partial charge in [-0.15, -0.1) is 22.7 Å². The monoisotopic (exact) mass is 329 g/mol. The number of nitrogens with one attached hydrogen (secondary N) is 1. The van der Waals surface area contributed by atoms with Crippen LogP contribution in [-0.4, -0.2) is 15.9 Å². The Labute approximate surface area is 136 Å². The molecular formula is C16H15N3OS2. The van der Waals surface area contributed by atoms with E-state index in [0.29, 0.717) is 5.13 Å². The number of pyridine rings is 1. The van der Waals surface area contributed by atoms with Gasteiger partial charge in [-0.2, -0.15) is 0 Å². The van der Waals surface area contributed by atoms with Gasteiger partial charge in [0.25, 0.3) is 5.91 Å². The quantitative estimate of drug-likeness (QED) is 0.772. The summed E-state index contributed by atoms with van der Waals surface area (Å²) in [5.74, 6) is -0.0973. The second-order valence-corrected chi connectivity index (χ2v) is 6.89. The third-order valence-electron chi connectivity index (χ3n) is 3.31. The first-order valence-corrected chi connectivity index (χ1v) is 8.63. The van der Waals surface area contributed by atoms with Crippen molar-refractivity contribution in [1.29, 1.82) is 0 Å². The Morgan fingerprint density at radius 3 is 2.95 bits per heavy atom. The van der Waals surface area contributed by atoms with Crippen LogP contribution < -0.4 is 5.32 Å². The van der Waals surface area contributed by atoms with E-state index in [0.717, 1.165) is 22.6 Å². The molecule has 0 saturated heterocycles. The van der Waals surface area contributed by atoms with Gasteiger partial charge in [0.2, 0.25) is 0 Å². The lowest BCUT2D eigenvalue weighted by Crippen LogP contribution is -2.09. The van der Waals surface area contributed by atoms with Gasteiger partial charge in [-0.05, 0) is 37.1 Å². The van der Waals surface area contributed by atoms with E-state index in [1.165, 1.54) is 33.1 Å². The highest BCUT2D eigenvalue weighted by molar-refractivity contribution is 7.15. The predicted octanol–water partition coefficient (Wildman–Crippen LogP) is 4.39. The summed E-state index contributed by atoms with van der Waals surface area (Å²) in [4.78, 5) is 22.7. The van der Waals surface area contributed by atoms with Crippen molar-refractivity contribution < 1.29 is 4.79 Å². The molecule has 0 fully saturated rings. The fraction of sp³-hybridized carbons (Fsp3) is 0.188. The minimum absolute atomic E-state index is 0.0973. The Hall–Kier alpha value is -2.05. The SMILES string of the molecule is CCc1cc(C(=O)Nc2nc(-c3cccnc3)cs2)sc1C. The summed E-state index contributed by atoms with van der Waals surface area (Å²) in [6, 6.07) is 5.78. The van der Waals surface area contributed by atoms with Crippen molar-refractivity contribution in [2.45, 2.75) is 20.3 Å². The molecule has 1 N–H and O–H groups in total. The molecule has 0 bridgehead atoms. The maximum atomic E-state index is 12.3. The van der Waals surface area contributed by atoms with Gasteiger partial charge in [0, 0.05) is 28.2 Å². The van der Waals surface area contributed by atoms with Crippen molar-refractivity contribution in [1.82, 2.24) is 9.97 Å². The second-order valence-electron chi connectivity index (χ2n) is 4.78. The first-order chi connectivity index (χ1) is 10.7. The molecule has 3 heterocycles. The number of nitrogens with zero attached hydrogens (tertiary/aromatic N) is 2. The zero-order valence-corrected chi connectivity index (χ0v) is 13.9. The molecule has 3 rings (SSSR count). The Morgan fingerprint density at radius 1 is 1.41 bits per heavy atom. The number of aromatic nitrogens is 2. The molecule has 3 aromatic rings. The van der Waals surface area contributed by atoms with Crippen LogP contribution in [0.15, 0.2) is 36.0 Å². The maximum absolute atomic E-state index is 12.3. The summed E-state index contributed by atoms with van der Waals surface area (Å²) in [6.45, 7) is 4.14. The molecule has 22 heavy (non-hydrogen) atoms. The molecule has 0 unspecified atom stereocenters. The molecule has 0 atom stereocenters. The van der Waals surface area contributed by atoms with Gasteiger partial charge in [0.1, 0.15) is 0 Å². The normalized spacial score (nSPS) is 10.6. The van der Waals surface area contributed by atoms with Crippen LogP contribution >= 0.6 is 22.7 Å². The van der Waals surface area contributed by atoms with Crippen LogP contribution in [0.1, 0.15) is 27.0 Å². The highest BCUT2D eigenvalue weighted by atomic mass is 32.1. The molecule has 3 aromatic heterocycles. The Kier molecular flexibility index (Phi) is 4.31. The van der Waals surface area contributed by atoms with Gasteiger partial charge in [0.15, 0.2) is 5.13 Å². The van der Waals surface area contributed by atoms with Crippen molar-refractivity contribution in [3.63, 3.8) is 0 Å². The van der Waals surface area contributed by atoms with Crippen LogP contribution in [-0.2, 0) is 6.42 Å². The summed E-state index contributed by atoms with van der Waals surface area (Å²) in [5.41, 5.74) is 3.00. The zero-order chi connectivity index (χ0) is 15.5. The van der Waals surface area contributed by atoms with E-state index < -0.39 is 0 Å². The molecule has 0 radical (unpaired) electrons. The highest BCUT2D eigenvalue weighted by Crippen LogP contribution is 2.26. The Morgan fingerprint density at radius 2 is 2.27 bits per heavy atom. The minimum atomic E-state index is -0.0973.